The predicted octanol–water partition coefficient (Wildman–Crippen LogP) is 1.55. The van der Waals surface area contributed by atoms with E-state index in [1.807, 2.05) is 0 Å². The summed E-state index contributed by atoms with van der Waals surface area (Å²) in [6.07, 6.45) is -0.291. The second-order valence-electron chi connectivity index (χ2n) is 4.27. The summed E-state index contributed by atoms with van der Waals surface area (Å²) < 4.78 is 23.0. The van der Waals surface area contributed by atoms with Crippen molar-refractivity contribution in [2.45, 2.75) is 18.6 Å². The molecule has 0 radical (unpaired) electrons. The lowest BCUT2D eigenvalue weighted by atomic mass is 10.2. The maximum Gasteiger partial charge on any atom is 0.337 e. The van der Waals surface area contributed by atoms with Crippen LogP contribution in [0.1, 0.15) is 16.8 Å². The van der Waals surface area contributed by atoms with Crippen molar-refractivity contribution in [3.8, 4) is 5.75 Å². The van der Waals surface area contributed by atoms with Gasteiger partial charge in [-0.25, -0.2) is 9.18 Å². The van der Waals surface area contributed by atoms with Crippen LogP contribution in [-0.4, -0.2) is 38.4 Å². The first-order valence-electron chi connectivity index (χ1n) is 5.87. The minimum absolute atomic E-state index is 0.0558. The van der Waals surface area contributed by atoms with E-state index in [-0.39, 0.29) is 12.0 Å². The van der Waals surface area contributed by atoms with Crippen LogP contribution in [0.5, 0.6) is 5.75 Å². The van der Waals surface area contributed by atoms with Gasteiger partial charge in [-0.3, -0.25) is 0 Å². The molecule has 0 saturated carbocycles. The number of hydrogen-bond acceptors (Lipinski definition) is 4. The summed E-state index contributed by atoms with van der Waals surface area (Å²) in [4.78, 5) is 11.2. The second-order valence-corrected chi connectivity index (χ2v) is 4.27. The molecule has 0 aromatic heterocycles. The number of rotatable bonds is 4. The van der Waals surface area contributed by atoms with Gasteiger partial charge in [0.05, 0.1) is 12.7 Å². The van der Waals surface area contributed by atoms with Crippen molar-refractivity contribution in [1.82, 2.24) is 5.32 Å². The van der Waals surface area contributed by atoms with Crippen LogP contribution in [0.4, 0.5) is 4.39 Å². The van der Waals surface area contributed by atoms with E-state index in [4.69, 9.17) is 4.74 Å². The number of benzene rings is 1. The van der Waals surface area contributed by atoms with E-state index in [0.29, 0.717) is 30.9 Å². The van der Waals surface area contributed by atoms with Crippen molar-refractivity contribution in [3.05, 3.63) is 29.8 Å². The highest BCUT2D eigenvalue weighted by atomic mass is 19.1. The first kappa shape index (κ1) is 12.8. The molecular weight excluding hydrogens is 237 g/mol. The van der Waals surface area contributed by atoms with Crippen molar-refractivity contribution in [2.24, 2.45) is 0 Å². The van der Waals surface area contributed by atoms with Gasteiger partial charge in [-0.15, -0.1) is 0 Å². The molecule has 1 aliphatic heterocycles. The average molecular weight is 253 g/mol. The van der Waals surface area contributed by atoms with E-state index in [1.165, 1.54) is 7.11 Å². The molecule has 2 rings (SSSR count). The fourth-order valence-electron chi connectivity index (χ4n) is 1.90. The van der Waals surface area contributed by atoms with Crippen LogP contribution in [0.2, 0.25) is 0 Å². The van der Waals surface area contributed by atoms with Gasteiger partial charge in [0.15, 0.2) is 0 Å². The molecule has 0 amide bonds. The SMILES string of the molecule is COC(=O)c1ccc(OCC2C[C@H](F)CN2)cc1. The molecule has 1 unspecified atom stereocenters. The summed E-state index contributed by atoms with van der Waals surface area (Å²) in [6, 6.07) is 6.74. The summed E-state index contributed by atoms with van der Waals surface area (Å²) in [5.41, 5.74) is 0.479. The van der Waals surface area contributed by atoms with Crippen molar-refractivity contribution in [3.63, 3.8) is 0 Å². The van der Waals surface area contributed by atoms with Gasteiger partial charge in [-0.05, 0) is 30.7 Å². The number of nitrogens with one attached hydrogen (secondary N) is 1. The quantitative estimate of drug-likeness (QED) is 0.827. The topological polar surface area (TPSA) is 47.6 Å². The molecule has 1 aliphatic rings. The first-order chi connectivity index (χ1) is 8.69. The highest BCUT2D eigenvalue weighted by molar-refractivity contribution is 5.89. The molecule has 1 heterocycles. The molecule has 0 spiro atoms. The van der Waals surface area contributed by atoms with Crippen LogP contribution in [0.3, 0.4) is 0 Å². The van der Waals surface area contributed by atoms with Crippen molar-refractivity contribution in [1.29, 1.82) is 0 Å². The van der Waals surface area contributed by atoms with Crippen molar-refractivity contribution < 1.29 is 18.7 Å². The Morgan fingerprint density at radius 1 is 1.44 bits per heavy atom. The fraction of sp³-hybridized carbons (Fsp3) is 0.462. The van der Waals surface area contributed by atoms with Gasteiger partial charge in [-0.2, -0.15) is 0 Å². The number of hydrogen-bond donors (Lipinski definition) is 1. The molecule has 1 fully saturated rings. The van der Waals surface area contributed by atoms with Crippen LogP contribution < -0.4 is 10.1 Å². The molecule has 5 heteroatoms. The number of alkyl halides is 1. The molecule has 0 aliphatic carbocycles. The van der Waals surface area contributed by atoms with Crippen molar-refractivity contribution in [2.75, 3.05) is 20.3 Å². The van der Waals surface area contributed by atoms with Crippen LogP contribution in [0.25, 0.3) is 0 Å². The van der Waals surface area contributed by atoms with E-state index in [2.05, 4.69) is 10.1 Å². The zero-order chi connectivity index (χ0) is 13.0. The first-order valence-corrected chi connectivity index (χ1v) is 5.87. The Balaban J connectivity index is 1.85. The van der Waals surface area contributed by atoms with E-state index in [9.17, 15) is 9.18 Å². The number of esters is 1. The smallest absolute Gasteiger partial charge is 0.337 e. The van der Waals surface area contributed by atoms with E-state index in [1.54, 1.807) is 24.3 Å². The lowest BCUT2D eigenvalue weighted by molar-refractivity contribution is 0.0600. The summed E-state index contributed by atoms with van der Waals surface area (Å²) >= 11 is 0. The Hall–Kier alpha value is -1.62. The highest BCUT2D eigenvalue weighted by Crippen LogP contribution is 2.15. The third-order valence-corrected chi connectivity index (χ3v) is 2.89. The van der Waals surface area contributed by atoms with Gasteiger partial charge >= 0.3 is 5.97 Å². The largest absolute Gasteiger partial charge is 0.492 e. The molecule has 1 aromatic carbocycles. The minimum Gasteiger partial charge on any atom is -0.492 e. The average Bonchev–Trinajstić information content (AvgIpc) is 2.82. The van der Waals surface area contributed by atoms with Gasteiger partial charge in [-0.1, -0.05) is 0 Å². The zero-order valence-electron chi connectivity index (χ0n) is 10.2. The van der Waals surface area contributed by atoms with Crippen LogP contribution in [0, 0.1) is 0 Å². The van der Waals surface area contributed by atoms with Gasteiger partial charge in [0, 0.05) is 12.6 Å². The molecule has 1 aromatic rings. The number of carbonyl (C=O) groups excluding carboxylic acids is 1. The molecule has 2 atom stereocenters. The Morgan fingerprint density at radius 2 is 2.17 bits per heavy atom. The van der Waals surface area contributed by atoms with Crippen LogP contribution in [-0.2, 0) is 4.74 Å². The Morgan fingerprint density at radius 3 is 2.72 bits per heavy atom. The second kappa shape index (κ2) is 5.82. The summed E-state index contributed by atoms with van der Waals surface area (Å²) in [5, 5.41) is 3.04. The van der Waals surface area contributed by atoms with E-state index < -0.39 is 6.17 Å². The monoisotopic (exact) mass is 253 g/mol. The highest BCUT2D eigenvalue weighted by Gasteiger charge is 2.23. The molecule has 4 nitrogen and oxygen atoms in total. The number of ether oxygens (including phenoxy) is 2. The number of carbonyl (C=O) groups is 1. The molecule has 98 valence electrons. The molecule has 1 N–H and O–H groups in total. The van der Waals surface area contributed by atoms with Crippen LogP contribution >= 0.6 is 0 Å². The van der Waals surface area contributed by atoms with Gasteiger partial charge in [0.25, 0.3) is 0 Å². The molecule has 0 bridgehead atoms. The molecule has 1 saturated heterocycles. The summed E-state index contributed by atoms with van der Waals surface area (Å²) in [5.74, 6) is 0.283. The van der Waals surface area contributed by atoms with Gasteiger partial charge < -0.3 is 14.8 Å². The maximum atomic E-state index is 12.9. The standard InChI is InChI=1S/C13H16FNO3/c1-17-13(16)9-2-4-12(5-3-9)18-8-11-6-10(14)7-15-11/h2-5,10-11,15H,6-8H2,1H3/t10-,11?/m0/s1. The zero-order valence-corrected chi connectivity index (χ0v) is 10.2. The van der Waals surface area contributed by atoms with Gasteiger partial charge in [0.1, 0.15) is 18.5 Å². The third kappa shape index (κ3) is 3.20. The molecule has 18 heavy (non-hydrogen) atoms. The van der Waals surface area contributed by atoms with Gasteiger partial charge in [0.2, 0.25) is 0 Å². The number of halogens is 1. The summed E-state index contributed by atoms with van der Waals surface area (Å²) in [7, 11) is 1.34. The van der Waals surface area contributed by atoms with Crippen LogP contribution in [0.15, 0.2) is 24.3 Å². The Bertz CT molecular complexity index is 407. The Kier molecular flexibility index (Phi) is 4.15. The fourth-order valence-corrected chi connectivity index (χ4v) is 1.90. The minimum atomic E-state index is -0.777. The lowest BCUT2D eigenvalue weighted by Gasteiger charge is -2.12. The Labute approximate surface area is 105 Å². The van der Waals surface area contributed by atoms with Crippen molar-refractivity contribution >= 4 is 5.97 Å². The number of methoxy groups -OCH3 is 1. The van der Waals surface area contributed by atoms with E-state index in [0.717, 1.165) is 0 Å². The maximum absolute atomic E-state index is 12.9. The summed E-state index contributed by atoms with van der Waals surface area (Å²) in [6.45, 7) is 0.827. The predicted molar refractivity (Wildman–Crippen MR) is 64.6 cm³/mol. The van der Waals surface area contributed by atoms with E-state index >= 15 is 0 Å². The third-order valence-electron chi connectivity index (χ3n) is 2.89. The molecular formula is C13H16FNO3. The lowest BCUT2D eigenvalue weighted by Crippen LogP contribution is -2.28. The normalized spacial score (nSPS) is 22.8.